The molecule has 1 N–H and O–H groups in total. The second-order valence-corrected chi connectivity index (χ2v) is 6.18. The molecule has 2 rings (SSSR count). The van der Waals surface area contributed by atoms with E-state index in [-0.39, 0.29) is 16.9 Å². The van der Waals surface area contributed by atoms with Gasteiger partial charge >= 0.3 is 0 Å². The van der Waals surface area contributed by atoms with Crippen molar-refractivity contribution in [3.63, 3.8) is 0 Å². The van der Waals surface area contributed by atoms with Crippen LogP contribution in [0.25, 0.3) is 0 Å². The molecule has 0 aromatic heterocycles. The minimum Gasteiger partial charge on any atom is -0.393 e. The average molecular weight is 300 g/mol. The van der Waals surface area contributed by atoms with Gasteiger partial charge in [-0.15, -0.1) is 0 Å². The van der Waals surface area contributed by atoms with E-state index >= 15 is 0 Å². The minimum absolute atomic E-state index is 0.185. The van der Waals surface area contributed by atoms with Crippen molar-refractivity contribution in [2.24, 2.45) is 0 Å². The first kappa shape index (κ1) is 15.7. The lowest BCUT2D eigenvalue weighted by Crippen LogP contribution is -2.36. The summed E-state index contributed by atoms with van der Waals surface area (Å²) in [6, 6.07) is 5.50. The van der Waals surface area contributed by atoms with Crippen molar-refractivity contribution in [3.8, 4) is 0 Å². The summed E-state index contributed by atoms with van der Waals surface area (Å²) >= 11 is 5.85. The Labute approximate surface area is 125 Å². The van der Waals surface area contributed by atoms with Crippen molar-refractivity contribution in [1.29, 1.82) is 0 Å². The first-order valence-electron chi connectivity index (χ1n) is 7.43. The van der Waals surface area contributed by atoms with Gasteiger partial charge in [0.1, 0.15) is 5.82 Å². The first-order valence-corrected chi connectivity index (χ1v) is 7.80. The van der Waals surface area contributed by atoms with Gasteiger partial charge in [-0.3, -0.25) is 4.90 Å². The zero-order valence-corrected chi connectivity index (χ0v) is 12.7. The van der Waals surface area contributed by atoms with Crippen LogP contribution < -0.4 is 0 Å². The smallest absolute Gasteiger partial charge is 0.146 e. The SMILES string of the molecule is CC(O)CC1CCCCCN1Cc1cccc(Cl)c1F. The number of halogens is 2. The van der Waals surface area contributed by atoms with Crippen molar-refractivity contribution in [1.82, 2.24) is 4.90 Å². The quantitative estimate of drug-likeness (QED) is 0.908. The zero-order valence-electron chi connectivity index (χ0n) is 12.0. The molecule has 1 aliphatic rings. The first-order chi connectivity index (χ1) is 9.58. The Balaban J connectivity index is 2.12. The van der Waals surface area contributed by atoms with E-state index in [4.69, 9.17) is 11.6 Å². The molecule has 2 nitrogen and oxygen atoms in total. The van der Waals surface area contributed by atoms with Crippen LogP contribution in [0.5, 0.6) is 0 Å². The van der Waals surface area contributed by atoms with E-state index in [1.165, 1.54) is 12.8 Å². The molecule has 2 atom stereocenters. The highest BCUT2D eigenvalue weighted by molar-refractivity contribution is 6.30. The van der Waals surface area contributed by atoms with Gasteiger partial charge in [-0.1, -0.05) is 36.6 Å². The monoisotopic (exact) mass is 299 g/mol. The van der Waals surface area contributed by atoms with Gasteiger partial charge in [0.2, 0.25) is 0 Å². The fourth-order valence-corrected chi connectivity index (χ4v) is 3.19. The third-order valence-corrected chi connectivity index (χ3v) is 4.31. The Kier molecular flexibility index (Phi) is 5.82. The maximum Gasteiger partial charge on any atom is 0.146 e. The van der Waals surface area contributed by atoms with Crippen LogP contribution in [0.4, 0.5) is 4.39 Å². The molecule has 4 heteroatoms. The van der Waals surface area contributed by atoms with Gasteiger partial charge in [0.15, 0.2) is 0 Å². The van der Waals surface area contributed by atoms with E-state index in [2.05, 4.69) is 4.90 Å². The summed E-state index contributed by atoms with van der Waals surface area (Å²) in [4.78, 5) is 2.30. The molecule has 0 bridgehead atoms. The van der Waals surface area contributed by atoms with E-state index in [0.717, 1.165) is 25.8 Å². The maximum absolute atomic E-state index is 14.0. The van der Waals surface area contributed by atoms with Gasteiger partial charge in [-0.25, -0.2) is 4.39 Å². The highest BCUT2D eigenvalue weighted by Crippen LogP contribution is 2.25. The Morgan fingerprint density at radius 1 is 1.40 bits per heavy atom. The number of benzene rings is 1. The third-order valence-electron chi connectivity index (χ3n) is 4.02. The number of hydrogen-bond acceptors (Lipinski definition) is 2. The van der Waals surface area contributed by atoms with Gasteiger partial charge in [-0.05, 0) is 38.8 Å². The summed E-state index contributed by atoms with van der Waals surface area (Å²) in [5.74, 6) is -0.311. The Morgan fingerprint density at radius 2 is 2.20 bits per heavy atom. The molecule has 0 amide bonds. The molecule has 1 fully saturated rings. The number of aliphatic hydroxyl groups is 1. The lowest BCUT2D eigenvalue weighted by atomic mass is 10.0. The van der Waals surface area contributed by atoms with Crippen LogP contribution in [0, 0.1) is 5.82 Å². The van der Waals surface area contributed by atoms with Crippen molar-refractivity contribution in [2.45, 2.75) is 57.7 Å². The maximum atomic E-state index is 14.0. The number of rotatable bonds is 4. The van der Waals surface area contributed by atoms with E-state index < -0.39 is 0 Å². The third kappa shape index (κ3) is 4.18. The van der Waals surface area contributed by atoms with Crippen LogP contribution in [0.15, 0.2) is 18.2 Å². The number of likely N-dealkylation sites (tertiary alicyclic amines) is 1. The highest BCUT2D eigenvalue weighted by atomic mass is 35.5. The summed E-state index contributed by atoms with van der Waals surface area (Å²) in [6.07, 6.45) is 5.05. The van der Waals surface area contributed by atoms with Gasteiger partial charge in [0, 0.05) is 18.2 Å². The lowest BCUT2D eigenvalue weighted by Gasteiger charge is -2.31. The molecule has 1 saturated heterocycles. The fraction of sp³-hybridized carbons (Fsp3) is 0.625. The van der Waals surface area contributed by atoms with Crippen molar-refractivity contribution < 1.29 is 9.50 Å². The topological polar surface area (TPSA) is 23.5 Å². The van der Waals surface area contributed by atoms with E-state index in [9.17, 15) is 9.50 Å². The fourth-order valence-electron chi connectivity index (χ4n) is 2.99. The predicted molar refractivity (Wildman–Crippen MR) is 80.4 cm³/mol. The minimum atomic E-state index is -0.315. The Hall–Kier alpha value is -0.640. The molecule has 20 heavy (non-hydrogen) atoms. The molecule has 1 aromatic carbocycles. The normalized spacial score (nSPS) is 22.5. The number of aliphatic hydroxyl groups excluding tert-OH is 1. The van der Waals surface area contributed by atoms with Gasteiger partial charge in [0.25, 0.3) is 0 Å². The molecule has 0 saturated carbocycles. The van der Waals surface area contributed by atoms with Crippen LogP contribution in [0.2, 0.25) is 5.02 Å². The van der Waals surface area contributed by atoms with Gasteiger partial charge < -0.3 is 5.11 Å². The van der Waals surface area contributed by atoms with Crippen LogP contribution in [-0.4, -0.2) is 28.7 Å². The van der Waals surface area contributed by atoms with Crippen LogP contribution in [0.3, 0.4) is 0 Å². The zero-order chi connectivity index (χ0) is 14.5. The molecular formula is C16H23ClFNO. The van der Waals surface area contributed by atoms with Crippen LogP contribution in [-0.2, 0) is 6.54 Å². The number of nitrogens with zero attached hydrogens (tertiary/aromatic N) is 1. The van der Waals surface area contributed by atoms with Crippen molar-refractivity contribution >= 4 is 11.6 Å². The number of hydrogen-bond donors (Lipinski definition) is 1. The predicted octanol–water partition coefficient (Wildman–Crippen LogP) is 3.99. The van der Waals surface area contributed by atoms with Crippen LogP contribution >= 0.6 is 11.6 Å². The van der Waals surface area contributed by atoms with E-state index in [0.29, 0.717) is 18.2 Å². The average Bonchev–Trinajstić information content (AvgIpc) is 2.60. The second-order valence-electron chi connectivity index (χ2n) is 5.77. The molecule has 112 valence electrons. The Morgan fingerprint density at radius 3 is 2.95 bits per heavy atom. The van der Waals surface area contributed by atoms with E-state index in [1.54, 1.807) is 18.2 Å². The molecule has 0 aliphatic carbocycles. The van der Waals surface area contributed by atoms with Crippen LogP contribution in [0.1, 0.15) is 44.6 Å². The van der Waals surface area contributed by atoms with Crippen molar-refractivity contribution in [2.75, 3.05) is 6.54 Å². The molecule has 1 aromatic rings. The Bertz CT molecular complexity index is 438. The lowest BCUT2D eigenvalue weighted by molar-refractivity contribution is 0.107. The highest BCUT2D eigenvalue weighted by Gasteiger charge is 2.23. The van der Waals surface area contributed by atoms with Gasteiger partial charge in [0.05, 0.1) is 11.1 Å². The van der Waals surface area contributed by atoms with Crippen molar-refractivity contribution in [3.05, 3.63) is 34.6 Å². The summed E-state index contributed by atoms with van der Waals surface area (Å²) in [6.45, 7) is 3.36. The standard InChI is InChI=1S/C16H23ClFNO/c1-12(20)10-14-7-3-2-4-9-19(14)11-13-6-5-8-15(17)16(13)18/h5-6,8,12,14,20H,2-4,7,9-11H2,1H3. The summed E-state index contributed by atoms with van der Waals surface area (Å²) in [5.41, 5.74) is 0.648. The molecule has 0 spiro atoms. The molecule has 2 unspecified atom stereocenters. The molecule has 1 heterocycles. The van der Waals surface area contributed by atoms with E-state index in [1.807, 2.05) is 6.92 Å². The molecule has 0 radical (unpaired) electrons. The molecular weight excluding hydrogens is 277 g/mol. The summed E-state index contributed by atoms with van der Waals surface area (Å²) < 4.78 is 14.0. The second kappa shape index (κ2) is 7.39. The summed E-state index contributed by atoms with van der Waals surface area (Å²) in [7, 11) is 0. The molecule has 1 aliphatic heterocycles. The van der Waals surface area contributed by atoms with Gasteiger partial charge in [-0.2, -0.15) is 0 Å². The largest absolute Gasteiger partial charge is 0.393 e. The summed E-state index contributed by atoms with van der Waals surface area (Å²) in [5, 5.41) is 9.84.